The summed E-state index contributed by atoms with van der Waals surface area (Å²) in [6, 6.07) is 10.5. The van der Waals surface area contributed by atoms with Crippen LogP contribution in [-0.4, -0.2) is 32.7 Å². The molecule has 0 atom stereocenters. The van der Waals surface area contributed by atoms with Gasteiger partial charge in [-0.25, -0.2) is 9.67 Å². The number of benzene rings is 2. The zero-order chi connectivity index (χ0) is 22.6. The smallest absolute Gasteiger partial charge is 0.342 e. The van der Waals surface area contributed by atoms with Gasteiger partial charge in [0.1, 0.15) is 5.82 Å². The number of H-pyrrole nitrogens is 1. The van der Waals surface area contributed by atoms with Gasteiger partial charge in [-0.1, -0.05) is 6.07 Å². The molecule has 2 aromatic heterocycles. The Kier molecular flexibility index (Phi) is 4.58. The first-order valence-corrected chi connectivity index (χ1v) is 10.2. The number of anilines is 1. The Morgan fingerprint density at radius 1 is 1.19 bits per heavy atom. The Morgan fingerprint density at radius 2 is 1.97 bits per heavy atom. The Hall–Kier alpha value is -3.62. The first-order valence-electron chi connectivity index (χ1n) is 10.2. The van der Waals surface area contributed by atoms with Crippen molar-refractivity contribution in [2.75, 3.05) is 11.9 Å². The highest BCUT2D eigenvalue weighted by Crippen LogP contribution is 2.43. The Bertz CT molecular complexity index is 1330. The molecule has 1 saturated carbocycles. The van der Waals surface area contributed by atoms with Crippen LogP contribution < -0.4 is 4.90 Å². The first-order chi connectivity index (χ1) is 15.2. The van der Waals surface area contributed by atoms with E-state index in [1.807, 2.05) is 25.1 Å². The third kappa shape index (κ3) is 3.53. The molecule has 0 spiro atoms. The van der Waals surface area contributed by atoms with E-state index in [1.54, 1.807) is 13.1 Å². The average molecular weight is 439 g/mol. The van der Waals surface area contributed by atoms with Crippen LogP contribution in [0.1, 0.15) is 46.2 Å². The quantitative estimate of drug-likeness (QED) is 0.474. The van der Waals surface area contributed by atoms with Gasteiger partial charge in [0.2, 0.25) is 0 Å². The predicted octanol–water partition coefficient (Wildman–Crippen LogP) is 5.23. The van der Waals surface area contributed by atoms with Gasteiger partial charge in [0.25, 0.3) is 5.91 Å². The number of aromatic nitrogens is 4. The lowest BCUT2D eigenvalue weighted by Gasteiger charge is -2.18. The standard InChI is InChI=1S/C23H20F3N5O/c1-13-28-19-9-8-16(11-20(19)29-13)30(2)22(32)18-12-27-31(21(18)14-6-7-14)17-5-3-4-15(10-17)23(24,25)26/h3-5,8-12,14H,6-7H2,1-2H3,(H,28,29). The van der Waals surface area contributed by atoms with Crippen molar-refractivity contribution in [3.63, 3.8) is 0 Å². The number of alkyl halides is 3. The van der Waals surface area contributed by atoms with E-state index in [2.05, 4.69) is 15.1 Å². The van der Waals surface area contributed by atoms with Gasteiger partial charge >= 0.3 is 6.18 Å². The van der Waals surface area contributed by atoms with E-state index in [0.29, 0.717) is 16.9 Å². The van der Waals surface area contributed by atoms with Crippen LogP contribution in [0.3, 0.4) is 0 Å². The van der Waals surface area contributed by atoms with Crippen molar-refractivity contribution in [2.24, 2.45) is 0 Å². The van der Waals surface area contributed by atoms with Crippen molar-refractivity contribution in [3.8, 4) is 5.69 Å². The molecule has 0 saturated heterocycles. The highest BCUT2D eigenvalue weighted by Gasteiger charge is 2.35. The van der Waals surface area contributed by atoms with Crippen LogP contribution in [0.4, 0.5) is 18.9 Å². The number of imidazole rings is 1. The lowest BCUT2D eigenvalue weighted by molar-refractivity contribution is -0.137. The molecule has 2 aromatic carbocycles. The van der Waals surface area contributed by atoms with Crippen LogP contribution in [0.5, 0.6) is 0 Å². The molecule has 0 aliphatic heterocycles. The minimum atomic E-state index is -4.45. The third-order valence-electron chi connectivity index (χ3n) is 5.69. The van der Waals surface area contributed by atoms with Crippen LogP contribution in [0.15, 0.2) is 48.7 Å². The van der Waals surface area contributed by atoms with E-state index < -0.39 is 11.7 Å². The molecule has 0 bridgehead atoms. The summed E-state index contributed by atoms with van der Waals surface area (Å²) >= 11 is 0. The lowest BCUT2D eigenvalue weighted by atomic mass is 10.1. The van der Waals surface area contributed by atoms with Gasteiger partial charge in [-0.2, -0.15) is 18.3 Å². The number of halogens is 3. The van der Waals surface area contributed by atoms with E-state index in [-0.39, 0.29) is 17.5 Å². The molecule has 1 amide bonds. The van der Waals surface area contributed by atoms with E-state index in [1.165, 1.54) is 21.8 Å². The monoisotopic (exact) mass is 439 g/mol. The molecule has 1 N–H and O–H groups in total. The van der Waals surface area contributed by atoms with Gasteiger partial charge in [0.15, 0.2) is 0 Å². The highest BCUT2D eigenvalue weighted by molar-refractivity contribution is 6.07. The average Bonchev–Trinajstić information content (AvgIpc) is 3.38. The van der Waals surface area contributed by atoms with E-state index in [4.69, 9.17) is 0 Å². The molecule has 32 heavy (non-hydrogen) atoms. The SMILES string of the molecule is Cc1nc2ccc(N(C)C(=O)c3cnn(-c4cccc(C(F)(F)F)c4)c3C3CC3)cc2[nH]1. The summed E-state index contributed by atoms with van der Waals surface area (Å²) in [5.74, 6) is 0.613. The molecule has 0 unspecified atom stereocenters. The zero-order valence-electron chi connectivity index (χ0n) is 17.4. The van der Waals surface area contributed by atoms with Gasteiger partial charge in [-0.05, 0) is 56.2 Å². The van der Waals surface area contributed by atoms with Crippen molar-refractivity contribution >= 4 is 22.6 Å². The number of carbonyl (C=O) groups excluding carboxylic acids is 1. The van der Waals surface area contributed by atoms with Crippen LogP contribution >= 0.6 is 0 Å². The van der Waals surface area contributed by atoms with Crippen molar-refractivity contribution < 1.29 is 18.0 Å². The number of aromatic amines is 1. The summed E-state index contributed by atoms with van der Waals surface area (Å²) in [4.78, 5) is 22.4. The summed E-state index contributed by atoms with van der Waals surface area (Å²) in [6.07, 6.45) is -1.26. The summed E-state index contributed by atoms with van der Waals surface area (Å²) in [6.45, 7) is 1.86. The normalized spacial score (nSPS) is 14.2. The van der Waals surface area contributed by atoms with Gasteiger partial charge in [-0.15, -0.1) is 0 Å². The van der Waals surface area contributed by atoms with E-state index in [0.717, 1.165) is 41.8 Å². The zero-order valence-corrected chi connectivity index (χ0v) is 17.4. The van der Waals surface area contributed by atoms with Crippen LogP contribution in [-0.2, 0) is 6.18 Å². The van der Waals surface area contributed by atoms with Crippen LogP contribution in [0, 0.1) is 6.92 Å². The number of fused-ring (bicyclic) bond motifs is 1. The number of amides is 1. The topological polar surface area (TPSA) is 66.8 Å². The van der Waals surface area contributed by atoms with Crippen molar-refractivity contribution in [2.45, 2.75) is 31.9 Å². The molecular weight excluding hydrogens is 419 g/mol. The molecule has 1 fully saturated rings. The Morgan fingerprint density at radius 3 is 2.69 bits per heavy atom. The second-order valence-electron chi connectivity index (χ2n) is 8.07. The fraction of sp³-hybridized carbons (Fsp3) is 0.261. The second kappa shape index (κ2) is 7.22. The molecule has 6 nitrogen and oxygen atoms in total. The fourth-order valence-electron chi connectivity index (χ4n) is 3.92. The minimum Gasteiger partial charge on any atom is -0.342 e. The van der Waals surface area contributed by atoms with Crippen molar-refractivity contribution in [1.82, 2.24) is 19.7 Å². The second-order valence-corrected chi connectivity index (χ2v) is 8.07. The number of rotatable bonds is 4. The maximum atomic E-state index is 13.4. The summed E-state index contributed by atoms with van der Waals surface area (Å²) in [5.41, 5.74) is 2.90. The van der Waals surface area contributed by atoms with Gasteiger partial charge in [-0.3, -0.25) is 4.79 Å². The van der Waals surface area contributed by atoms with E-state index in [9.17, 15) is 18.0 Å². The largest absolute Gasteiger partial charge is 0.416 e. The number of nitrogens with one attached hydrogen (secondary N) is 1. The maximum absolute atomic E-state index is 13.4. The number of hydrogen-bond donors (Lipinski definition) is 1. The van der Waals surface area contributed by atoms with Crippen LogP contribution in [0.2, 0.25) is 0 Å². The van der Waals surface area contributed by atoms with Gasteiger partial charge in [0, 0.05) is 18.7 Å². The lowest BCUT2D eigenvalue weighted by Crippen LogP contribution is -2.27. The Balaban J connectivity index is 1.52. The number of carbonyl (C=O) groups is 1. The highest BCUT2D eigenvalue weighted by atomic mass is 19.4. The first kappa shape index (κ1) is 20.3. The third-order valence-corrected chi connectivity index (χ3v) is 5.69. The molecular formula is C23H20F3N5O. The number of hydrogen-bond acceptors (Lipinski definition) is 3. The fourth-order valence-corrected chi connectivity index (χ4v) is 3.92. The Labute approximate surface area is 181 Å². The van der Waals surface area contributed by atoms with Gasteiger partial charge < -0.3 is 9.88 Å². The number of aryl methyl sites for hydroxylation is 1. The van der Waals surface area contributed by atoms with Gasteiger partial charge in [0.05, 0.1) is 39.7 Å². The molecule has 9 heteroatoms. The van der Waals surface area contributed by atoms with Crippen molar-refractivity contribution in [3.05, 3.63) is 71.3 Å². The minimum absolute atomic E-state index is 0.0946. The molecule has 164 valence electrons. The molecule has 5 rings (SSSR count). The maximum Gasteiger partial charge on any atom is 0.416 e. The number of nitrogens with zero attached hydrogens (tertiary/aromatic N) is 4. The molecule has 2 heterocycles. The molecule has 1 aliphatic carbocycles. The molecule has 4 aromatic rings. The summed E-state index contributed by atoms with van der Waals surface area (Å²) < 4.78 is 41.1. The summed E-state index contributed by atoms with van der Waals surface area (Å²) in [7, 11) is 1.67. The molecule has 1 aliphatic rings. The summed E-state index contributed by atoms with van der Waals surface area (Å²) in [5, 5.41) is 4.31. The van der Waals surface area contributed by atoms with Crippen molar-refractivity contribution in [1.29, 1.82) is 0 Å². The van der Waals surface area contributed by atoms with Crippen LogP contribution in [0.25, 0.3) is 16.7 Å². The van der Waals surface area contributed by atoms with E-state index >= 15 is 0 Å². The predicted molar refractivity (Wildman–Crippen MR) is 114 cm³/mol. The molecule has 0 radical (unpaired) electrons.